The molecule has 126 valence electrons. The van der Waals surface area contributed by atoms with Crippen LogP contribution < -0.4 is 14.8 Å². The molecule has 1 amide bonds. The summed E-state index contributed by atoms with van der Waals surface area (Å²) in [7, 11) is 1.56. The fourth-order valence-electron chi connectivity index (χ4n) is 2.75. The average molecular weight is 334 g/mol. The zero-order valence-corrected chi connectivity index (χ0v) is 14.1. The van der Waals surface area contributed by atoms with E-state index in [1.165, 1.54) is 0 Å². The number of nitriles is 1. The summed E-state index contributed by atoms with van der Waals surface area (Å²) in [6.45, 7) is 2.01. The predicted molar refractivity (Wildman–Crippen MR) is 95.4 cm³/mol. The molecule has 2 aromatic carbocycles. The number of benzene rings is 2. The number of hydrogen-bond donors (Lipinski definition) is 1. The molecule has 0 unspecified atom stereocenters. The van der Waals surface area contributed by atoms with E-state index >= 15 is 0 Å². The molecule has 0 spiro atoms. The summed E-state index contributed by atoms with van der Waals surface area (Å²) in [4.78, 5) is 12.4. The fourth-order valence-corrected chi connectivity index (χ4v) is 2.75. The van der Waals surface area contributed by atoms with Crippen LogP contribution in [0.5, 0.6) is 11.5 Å². The molecule has 0 bridgehead atoms. The molecule has 3 rings (SSSR count). The summed E-state index contributed by atoms with van der Waals surface area (Å²) in [6.07, 6.45) is 2.56. The maximum absolute atomic E-state index is 12.4. The van der Waals surface area contributed by atoms with E-state index in [4.69, 9.17) is 9.47 Å². The van der Waals surface area contributed by atoms with Crippen molar-refractivity contribution < 1.29 is 14.3 Å². The third kappa shape index (κ3) is 3.81. The lowest BCUT2D eigenvalue weighted by Gasteiger charge is -2.06. The van der Waals surface area contributed by atoms with Gasteiger partial charge < -0.3 is 14.8 Å². The Labute approximate surface area is 146 Å². The Hall–Kier alpha value is -3.26. The molecule has 1 atom stereocenters. The van der Waals surface area contributed by atoms with Gasteiger partial charge in [-0.25, -0.2) is 0 Å². The number of hydrogen-bond acceptors (Lipinski definition) is 4. The minimum Gasteiger partial charge on any atom is -0.497 e. The van der Waals surface area contributed by atoms with Gasteiger partial charge in [0.2, 0.25) is 0 Å². The first-order chi connectivity index (χ1) is 12.1. The molecule has 0 fully saturated rings. The van der Waals surface area contributed by atoms with Gasteiger partial charge >= 0.3 is 0 Å². The van der Waals surface area contributed by atoms with Gasteiger partial charge in [0.25, 0.3) is 5.91 Å². The lowest BCUT2D eigenvalue weighted by Crippen LogP contribution is -2.13. The summed E-state index contributed by atoms with van der Waals surface area (Å²) in [5.41, 5.74) is 2.50. The van der Waals surface area contributed by atoms with Gasteiger partial charge in [-0.15, -0.1) is 0 Å². The van der Waals surface area contributed by atoms with E-state index in [0.717, 1.165) is 23.3 Å². The van der Waals surface area contributed by atoms with Crippen LogP contribution in [0.25, 0.3) is 6.08 Å². The highest BCUT2D eigenvalue weighted by molar-refractivity contribution is 6.09. The van der Waals surface area contributed by atoms with Crippen molar-refractivity contribution in [3.05, 3.63) is 59.2 Å². The molecule has 1 aliphatic rings. The molecule has 5 heteroatoms. The zero-order chi connectivity index (χ0) is 17.8. The highest BCUT2D eigenvalue weighted by atomic mass is 16.5. The molecule has 5 nitrogen and oxygen atoms in total. The third-order valence-electron chi connectivity index (χ3n) is 3.92. The molecule has 1 aliphatic heterocycles. The van der Waals surface area contributed by atoms with Crippen LogP contribution in [0.1, 0.15) is 18.1 Å². The lowest BCUT2D eigenvalue weighted by atomic mass is 10.0. The van der Waals surface area contributed by atoms with E-state index in [-0.39, 0.29) is 11.7 Å². The summed E-state index contributed by atoms with van der Waals surface area (Å²) in [5, 5.41) is 12.1. The van der Waals surface area contributed by atoms with Crippen LogP contribution in [-0.2, 0) is 11.2 Å². The summed E-state index contributed by atoms with van der Waals surface area (Å²) in [5.74, 6) is 1.04. The molecule has 0 radical (unpaired) electrons. The van der Waals surface area contributed by atoms with Crippen LogP contribution in [0.4, 0.5) is 5.69 Å². The molecule has 1 N–H and O–H groups in total. The lowest BCUT2D eigenvalue weighted by molar-refractivity contribution is -0.112. The summed E-state index contributed by atoms with van der Waals surface area (Å²) >= 11 is 0. The van der Waals surface area contributed by atoms with E-state index in [2.05, 4.69) is 5.32 Å². The minimum absolute atomic E-state index is 0.0368. The van der Waals surface area contributed by atoms with Gasteiger partial charge in [0.05, 0.1) is 7.11 Å². The van der Waals surface area contributed by atoms with Crippen molar-refractivity contribution in [1.82, 2.24) is 0 Å². The van der Waals surface area contributed by atoms with E-state index in [1.54, 1.807) is 37.5 Å². The number of nitrogens with zero attached hydrogens (tertiary/aromatic N) is 1. The Morgan fingerprint density at radius 1 is 1.36 bits per heavy atom. The minimum atomic E-state index is -0.458. The number of ether oxygens (including phenoxy) is 2. The van der Waals surface area contributed by atoms with E-state index in [1.807, 2.05) is 31.2 Å². The number of carbonyl (C=O) groups excluding carboxylic acids is 1. The van der Waals surface area contributed by atoms with Crippen molar-refractivity contribution in [2.24, 2.45) is 0 Å². The number of nitrogens with one attached hydrogen (secondary N) is 1. The molecule has 0 aromatic heterocycles. The highest BCUT2D eigenvalue weighted by Gasteiger charge is 2.19. The number of carbonyl (C=O) groups is 1. The van der Waals surface area contributed by atoms with Crippen molar-refractivity contribution in [2.75, 3.05) is 12.4 Å². The Bertz CT molecular complexity index is 881. The van der Waals surface area contributed by atoms with Crippen LogP contribution >= 0.6 is 0 Å². The molecule has 2 aromatic rings. The largest absolute Gasteiger partial charge is 0.497 e. The zero-order valence-electron chi connectivity index (χ0n) is 14.1. The van der Waals surface area contributed by atoms with Crippen LogP contribution in [0, 0.1) is 11.3 Å². The quantitative estimate of drug-likeness (QED) is 0.685. The number of fused-ring (bicyclic) bond motifs is 1. The van der Waals surface area contributed by atoms with Gasteiger partial charge in [0.15, 0.2) is 0 Å². The molecular weight excluding hydrogens is 316 g/mol. The monoisotopic (exact) mass is 334 g/mol. The Balaban J connectivity index is 1.79. The van der Waals surface area contributed by atoms with Crippen LogP contribution in [-0.4, -0.2) is 19.1 Å². The van der Waals surface area contributed by atoms with E-state index < -0.39 is 5.91 Å². The summed E-state index contributed by atoms with van der Waals surface area (Å²) < 4.78 is 10.8. The standard InChI is InChI=1S/C20H18N2O3/c1-13-8-15-9-14(6-7-19(15)25-13)10-16(12-21)20(23)22-17-4-3-5-18(11-17)24-2/h3-7,9-11,13H,8H2,1-2H3,(H,22,23)/b16-10+/t13-/m1/s1. The smallest absolute Gasteiger partial charge is 0.266 e. The molecule has 25 heavy (non-hydrogen) atoms. The molecule has 0 saturated carbocycles. The van der Waals surface area contributed by atoms with Crippen molar-refractivity contribution >= 4 is 17.7 Å². The number of anilines is 1. The van der Waals surface area contributed by atoms with Crippen LogP contribution in [0.15, 0.2) is 48.0 Å². The predicted octanol–water partition coefficient (Wildman–Crippen LogP) is 3.56. The SMILES string of the molecule is COc1cccc(NC(=O)/C(C#N)=C/c2ccc3c(c2)C[C@@H](C)O3)c1. The number of methoxy groups -OCH3 is 1. The summed E-state index contributed by atoms with van der Waals surface area (Å²) in [6, 6.07) is 14.6. The Morgan fingerprint density at radius 2 is 2.20 bits per heavy atom. The first kappa shape index (κ1) is 16.6. The first-order valence-corrected chi connectivity index (χ1v) is 7.96. The normalized spacial score (nSPS) is 15.7. The number of rotatable bonds is 4. The van der Waals surface area contributed by atoms with Crippen molar-refractivity contribution in [2.45, 2.75) is 19.4 Å². The molecular formula is C20H18N2O3. The van der Waals surface area contributed by atoms with E-state index in [9.17, 15) is 10.1 Å². The van der Waals surface area contributed by atoms with Gasteiger partial charge in [0.1, 0.15) is 29.2 Å². The number of amides is 1. The van der Waals surface area contributed by atoms with Crippen LogP contribution in [0.2, 0.25) is 0 Å². The first-order valence-electron chi connectivity index (χ1n) is 7.96. The topological polar surface area (TPSA) is 71.3 Å². The average Bonchev–Trinajstić information content (AvgIpc) is 2.98. The van der Waals surface area contributed by atoms with Gasteiger partial charge in [0, 0.05) is 18.2 Å². The van der Waals surface area contributed by atoms with Gasteiger partial charge in [-0.05, 0) is 48.4 Å². The fraction of sp³-hybridized carbons (Fsp3) is 0.200. The second-order valence-electron chi connectivity index (χ2n) is 5.86. The van der Waals surface area contributed by atoms with Gasteiger partial charge in [-0.1, -0.05) is 12.1 Å². The van der Waals surface area contributed by atoms with Crippen molar-refractivity contribution in [1.29, 1.82) is 5.26 Å². The van der Waals surface area contributed by atoms with Gasteiger partial charge in [-0.2, -0.15) is 5.26 Å². The molecule has 0 saturated heterocycles. The second kappa shape index (κ2) is 7.10. The third-order valence-corrected chi connectivity index (χ3v) is 3.92. The molecule has 1 heterocycles. The maximum Gasteiger partial charge on any atom is 0.266 e. The van der Waals surface area contributed by atoms with E-state index in [0.29, 0.717) is 11.4 Å². The maximum atomic E-state index is 12.4. The second-order valence-corrected chi connectivity index (χ2v) is 5.86. The highest BCUT2D eigenvalue weighted by Crippen LogP contribution is 2.30. The van der Waals surface area contributed by atoms with Gasteiger partial charge in [-0.3, -0.25) is 4.79 Å². The Kier molecular flexibility index (Phi) is 4.71. The van der Waals surface area contributed by atoms with Crippen LogP contribution in [0.3, 0.4) is 0 Å². The Morgan fingerprint density at radius 3 is 2.96 bits per heavy atom. The van der Waals surface area contributed by atoms with Crippen molar-refractivity contribution in [3.8, 4) is 17.6 Å². The molecule has 0 aliphatic carbocycles. The van der Waals surface area contributed by atoms with Crippen molar-refractivity contribution in [3.63, 3.8) is 0 Å².